The van der Waals surface area contributed by atoms with Crippen LogP contribution in [0.4, 0.5) is 23.7 Å². The van der Waals surface area contributed by atoms with E-state index >= 15 is 0 Å². The Morgan fingerprint density at radius 2 is 2.00 bits per heavy atom. The van der Waals surface area contributed by atoms with Gasteiger partial charge in [-0.25, -0.2) is 9.59 Å². The van der Waals surface area contributed by atoms with Crippen molar-refractivity contribution in [2.75, 3.05) is 4.90 Å². The maximum absolute atomic E-state index is 12.7. The zero-order valence-electron chi connectivity index (χ0n) is 11.2. The van der Waals surface area contributed by atoms with Gasteiger partial charge in [0.25, 0.3) is 0 Å². The zero-order chi connectivity index (χ0) is 16.5. The molecule has 112 valence electrons. The Balaban J connectivity index is 2.60. The fourth-order valence-corrected chi connectivity index (χ4v) is 2.02. The lowest BCUT2D eigenvalue weighted by molar-refractivity contribution is -0.137. The van der Waals surface area contributed by atoms with Crippen LogP contribution >= 0.6 is 0 Å². The summed E-state index contributed by atoms with van der Waals surface area (Å²) in [5.74, 6) is 1.42. The largest absolute Gasteiger partial charge is 0.416 e. The fourth-order valence-electron chi connectivity index (χ4n) is 2.02. The number of halogens is 3. The molecule has 1 aromatic carbocycles. The third-order valence-corrected chi connectivity index (χ3v) is 3.03. The number of amides is 2. The van der Waals surface area contributed by atoms with E-state index in [9.17, 15) is 22.8 Å². The Labute approximate surface area is 122 Å². The fraction of sp³-hybridized carbons (Fsp3) is 0.143. The molecule has 5 nitrogen and oxygen atoms in total. The summed E-state index contributed by atoms with van der Waals surface area (Å²) >= 11 is 0. The highest BCUT2D eigenvalue weighted by molar-refractivity contribution is 6.00. The molecule has 1 aliphatic heterocycles. The topological polar surface area (TPSA) is 73.2 Å². The van der Waals surface area contributed by atoms with Gasteiger partial charge in [-0.05, 0) is 25.1 Å². The Morgan fingerprint density at radius 3 is 2.55 bits per heavy atom. The molecule has 2 rings (SSSR count). The molecule has 0 unspecified atom stereocenters. The molecule has 1 heterocycles. The number of allylic oxidation sites excluding steroid dienone is 2. The molecule has 0 atom stereocenters. The van der Waals surface area contributed by atoms with Crippen LogP contribution in [0, 0.1) is 11.3 Å². The number of carbonyl (C=O) groups is 1. The van der Waals surface area contributed by atoms with E-state index in [4.69, 9.17) is 5.26 Å². The van der Waals surface area contributed by atoms with E-state index in [1.165, 1.54) is 18.9 Å². The van der Waals surface area contributed by atoms with Crippen molar-refractivity contribution in [1.29, 1.82) is 5.26 Å². The molecule has 8 heteroatoms. The number of nitriles is 1. The monoisotopic (exact) mass is 307 g/mol. The van der Waals surface area contributed by atoms with E-state index in [2.05, 4.69) is 5.32 Å². The normalized spacial score (nSPS) is 15.3. The Kier molecular flexibility index (Phi) is 3.76. The number of urea groups is 1. The number of anilines is 1. The van der Waals surface area contributed by atoms with Gasteiger partial charge in [0, 0.05) is 5.70 Å². The van der Waals surface area contributed by atoms with Gasteiger partial charge in [0.05, 0.1) is 11.3 Å². The van der Waals surface area contributed by atoms with E-state index in [0.717, 1.165) is 23.1 Å². The average Bonchev–Trinajstić information content (AvgIpc) is 2.46. The summed E-state index contributed by atoms with van der Waals surface area (Å²) in [6.07, 6.45) is -4.56. The maximum atomic E-state index is 12.7. The van der Waals surface area contributed by atoms with Gasteiger partial charge in [0.2, 0.25) is 0 Å². The van der Waals surface area contributed by atoms with Crippen molar-refractivity contribution in [1.82, 2.24) is 5.32 Å². The van der Waals surface area contributed by atoms with Crippen molar-refractivity contribution in [2.45, 2.75) is 13.1 Å². The number of hydrogen-bond acceptors (Lipinski definition) is 3. The first-order chi connectivity index (χ1) is 10.3. The molecule has 0 bridgehead atoms. The lowest BCUT2D eigenvalue weighted by Crippen LogP contribution is -2.43. The average molecular weight is 307 g/mol. The van der Waals surface area contributed by atoms with Gasteiger partial charge in [-0.2, -0.15) is 18.4 Å². The number of hydrogen-bond donors (Lipinski definition) is 1. The SMILES string of the molecule is CC1=C(C#N)C(=C=O)NC(=O)N1c1cccc(C(F)(F)F)c1. The maximum Gasteiger partial charge on any atom is 0.416 e. The van der Waals surface area contributed by atoms with Gasteiger partial charge in [-0.3, -0.25) is 10.2 Å². The molecular weight excluding hydrogens is 299 g/mol. The van der Waals surface area contributed by atoms with Crippen molar-refractivity contribution in [2.24, 2.45) is 0 Å². The smallest absolute Gasteiger partial charge is 0.297 e. The van der Waals surface area contributed by atoms with Gasteiger partial charge in [-0.15, -0.1) is 0 Å². The number of rotatable bonds is 1. The summed E-state index contributed by atoms with van der Waals surface area (Å²) in [5.41, 5.74) is -1.45. The van der Waals surface area contributed by atoms with E-state index in [0.29, 0.717) is 0 Å². The summed E-state index contributed by atoms with van der Waals surface area (Å²) in [6, 6.07) is 4.98. The number of nitrogens with one attached hydrogen (secondary N) is 1. The van der Waals surface area contributed by atoms with Gasteiger partial charge < -0.3 is 0 Å². The Morgan fingerprint density at radius 1 is 1.32 bits per heavy atom. The van der Waals surface area contributed by atoms with Crippen LogP contribution in [-0.4, -0.2) is 12.0 Å². The highest BCUT2D eigenvalue weighted by Crippen LogP contribution is 2.33. The second kappa shape index (κ2) is 5.39. The summed E-state index contributed by atoms with van der Waals surface area (Å²) < 4.78 is 38.2. The highest BCUT2D eigenvalue weighted by Gasteiger charge is 2.33. The van der Waals surface area contributed by atoms with E-state index < -0.39 is 17.8 Å². The van der Waals surface area contributed by atoms with E-state index in [1.54, 1.807) is 6.07 Å². The van der Waals surface area contributed by atoms with Gasteiger partial charge in [0.15, 0.2) is 5.94 Å². The van der Waals surface area contributed by atoms with Crippen molar-refractivity contribution >= 4 is 17.7 Å². The molecule has 1 aliphatic rings. The Hall–Kier alpha value is -3.04. The first kappa shape index (κ1) is 15.4. The molecule has 1 aromatic rings. The summed E-state index contributed by atoms with van der Waals surface area (Å²) in [4.78, 5) is 23.6. The third kappa shape index (κ3) is 2.57. The molecule has 22 heavy (non-hydrogen) atoms. The number of benzene rings is 1. The van der Waals surface area contributed by atoms with Crippen LogP contribution in [0.1, 0.15) is 12.5 Å². The molecule has 0 radical (unpaired) electrons. The first-order valence-electron chi connectivity index (χ1n) is 5.94. The van der Waals surface area contributed by atoms with Crippen LogP contribution in [0.3, 0.4) is 0 Å². The minimum Gasteiger partial charge on any atom is -0.297 e. The molecule has 0 fully saturated rings. The number of carbonyl (C=O) groups excluding carboxylic acids is 2. The molecule has 0 aliphatic carbocycles. The molecule has 0 aromatic heterocycles. The van der Waals surface area contributed by atoms with Crippen molar-refractivity contribution < 1.29 is 22.8 Å². The van der Waals surface area contributed by atoms with Crippen LogP contribution in [0.5, 0.6) is 0 Å². The zero-order valence-corrected chi connectivity index (χ0v) is 11.2. The van der Waals surface area contributed by atoms with Crippen LogP contribution in [0.25, 0.3) is 0 Å². The lowest BCUT2D eigenvalue weighted by Gasteiger charge is -2.29. The first-order valence-corrected chi connectivity index (χ1v) is 5.94. The van der Waals surface area contributed by atoms with Gasteiger partial charge in [-0.1, -0.05) is 6.07 Å². The van der Waals surface area contributed by atoms with Crippen molar-refractivity contribution in [3.8, 4) is 6.07 Å². The van der Waals surface area contributed by atoms with Gasteiger partial charge in [0.1, 0.15) is 17.3 Å². The van der Waals surface area contributed by atoms with Crippen LogP contribution < -0.4 is 10.2 Å². The van der Waals surface area contributed by atoms with Crippen LogP contribution in [0.2, 0.25) is 0 Å². The van der Waals surface area contributed by atoms with E-state index in [1.807, 2.05) is 0 Å². The molecule has 0 saturated carbocycles. The summed E-state index contributed by atoms with van der Waals surface area (Å²) in [7, 11) is 0. The molecule has 0 spiro atoms. The molecule has 1 N–H and O–H groups in total. The second-order valence-electron chi connectivity index (χ2n) is 4.36. The van der Waals surface area contributed by atoms with Gasteiger partial charge >= 0.3 is 12.2 Å². The standard InChI is InChI=1S/C14H8F3N3O2/c1-8-11(6-18)12(7-21)19-13(22)20(8)10-4-2-3-9(5-10)14(15,16)17/h2-5H,1H3,(H,19,22). The summed E-state index contributed by atoms with van der Waals surface area (Å²) in [6.45, 7) is 1.36. The Bertz CT molecular complexity index is 768. The second-order valence-corrected chi connectivity index (χ2v) is 4.36. The summed E-state index contributed by atoms with van der Waals surface area (Å²) in [5, 5.41) is 11.2. The minimum absolute atomic E-state index is 0.0453. The quantitative estimate of drug-likeness (QED) is 0.811. The molecule has 0 saturated heterocycles. The lowest BCUT2D eigenvalue weighted by atomic mass is 10.1. The third-order valence-electron chi connectivity index (χ3n) is 3.03. The van der Waals surface area contributed by atoms with Crippen LogP contribution in [0.15, 0.2) is 41.2 Å². The van der Waals surface area contributed by atoms with Crippen molar-refractivity contribution in [3.63, 3.8) is 0 Å². The predicted octanol–water partition coefficient (Wildman–Crippen LogP) is 2.75. The predicted molar refractivity (Wildman–Crippen MR) is 70.0 cm³/mol. The highest BCUT2D eigenvalue weighted by atomic mass is 19.4. The minimum atomic E-state index is -4.56. The molecule has 2 amide bonds. The van der Waals surface area contributed by atoms with Crippen LogP contribution in [-0.2, 0) is 11.0 Å². The number of nitrogens with zero attached hydrogens (tertiary/aromatic N) is 2. The van der Waals surface area contributed by atoms with Crippen molar-refractivity contribution in [3.05, 3.63) is 46.8 Å². The molecular formula is C14H8F3N3O2. The number of alkyl halides is 3. The van der Waals surface area contributed by atoms with E-state index in [-0.39, 0.29) is 22.7 Å².